The monoisotopic (exact) mass is 438 g/mol. The van der Waals surface area contributed by atoms with Gasteiger partial charge in [-0.15, -0.1) is 4.73 Å². The summed E-state index contributed by atoms with van der Waals surface area (Å²) in [5, 5.41) is 6.69. The van der Waals surface area contributed by atoms with E-state index < -0.39 is 0 Å². The summed E-state index contributed by atoms with van der Waals surface area (Å²) < 4.78 is 2.49. The fraction of sp³-hybridized carbons (Fsp3) is 0.412. The van der Waals surface area contributed by atoms with E-state index in [9.17, 15) is 4.79 Å². The fourth-order valence-electron chi connectivity index (χ4n) is 3.23. The number of benzene rings is 1. The van der Waals surface area contributed by atoms with Crippen LogP contribution in [0.25, 0.3) is 0 Å². The van der Waals surface area contributed by atoms with Gasteiger partial charge in [-0.05, 0) is 53.1 Å². The van der Waals surface area contributed by atoms with Gasteiger partial charge in [-0.3, -0.25) is 4.79 Å². The van der Waals surface area contributed by atoms with Crippen molar-refractivity contribution in [1.82, 2.24) is 15.0 Å². The number of nitrogens with zero attached hydrogens (tertiary/aromatic N) is 2. The first-order valence-corrected chi connectivity index (χ1v) is 9.15. The van der Waals surface area contributed by atoms with Gasteiger partial charge >= 0.3 is 0 Å². The average molecular weight is 438 g/mol. The highest BCUT2D eigenvalue weighted by Crippen LogP contribution is 2.48. The lowest BCUT2D eigenvalue weighted by Crippen LogP contribution is -2.39. The van der Waals surface area contributed by atoms with Crippen LogP contribution in [0.3, 0.4) is 0 Å². The Morgan fingerprint density at radius 3 is 2.75 bits per heavy atom. The molecule has 1 aliphatic heterocycles. The Bertz CT molecular complexity index is 828. The SMILES string of the molecule is COn1c(NC2(c3ccc(I)cc3)CC2)nc2c(c1=O)CNCC2. The van der Waals surface area contributed by atoms with E-state index in [0.29, 0.717) is 18.1 Å². The summed E-state index contributed by atoms with van der Waals surface area (Å²) in [6, 6.07) is 8.48. The van der Waals surface area contributed by atoms with E-state index in [1.807, 2.05) is 0 Å². The first-order chi connectivity index (χ1) is 11.6. The molecule has 0 saturated heterocycles. The number of nitrogens with one attached hydrogen (secondary N) is 2. The summed E-state index contributed by atoms with van der Waals surface area (Å²) >= 11 is 2.30. The van der Waals surface area contributed by atoms with Gasteiger partial charge in [0.1, 0.15) is 7.11 Å². The van der Waals surface area contributed by atoms with Crippen LogP contribution in [0.1, 0.15) is 29.7 Å². The van der Waals surface area contributed by atoms with Crippen LogP contribution in [0.2, 0.25) is 0 Å². The average Bonchev–Trinajstić information content (AvgIpc) is 3.36. The molecule has 126 valence electrons. The van der Waals surface area contributed by atoms with Gasteiger partial charge in [-0.25, -0.2) is 4.98 Å². The maximum absolute atomic E-state index is 12.7. The molecule has 0 spiro atoms. The molecule has 2 aromatic rings. The highest BCUT2D eigenvalue weighted by Gasteiger charge is 2.45. The van der Waals surface area contributed by atoms with E-state index in [2.05, 4.69) is 57.5 Å². The van der Waals surface area contributed by atoms with Gasteiger partial charge in [0.05, 0.1) is 16.8 Å². The van der Waals surface area contributed by atoms with Crippen LogP contribution >= 0.6 is 22.6 Å². The van der Waals surface area contributed by atoms with Gasteiger partial charge in [0.25, 0.3) is 5.56 Å². The van der Waals surface area contributed by atoms with Gasteiger partial charge < -0.3 is 15.5 Å². The first kappa shape index (κ1) is 15.9. The summed E-state index contributed by atoms with van der Waals surface area (Å²) in [5.41, 5.74) is 2.51. The zero-order valence-corrected chi connectivity index (χ0v) is 15.6. The van der Waals surface area contributed by atoms with E-state index >= 15 is 0 Å². The molecule has 2 N–H and O–H groups in total. The Hall–Kier alpha value is -1.61. The Morgan fingerprint density at radius 1 is 1.33 bits per heavy atom. The number of hydrogen-bond donors (Lipinski definition) is 2. The quantitative estimate of drug-likeness (QED) is 0.711. The van der Waals surface area contributed by atoms with Gasteiger partial charge in [0, 0.05) is 23.1 Å². The van der Waals surface area contributed by atoms with E-state index in [1.165, 1.54) is 21.0 Å². The second-order valence-electron chi connectivity index (χ2n) is 6.28. The molecule has 2 aliphatic rings. The first-order valence-electron chi connectivity index (χ1n) is 8.07. The van der Waals surface area contributed by atoms with Gasteiger partial charge in [0.15, 0.2) is 0 Å². The molecule has 0 atom stereocenters. The van der Waals surface area contributed by atoms with Gasteiger partial charge in [0.2, 0.25) is 5.95 Å². The van der Waals surface area contributed by atoms with Crippen LogP contribution in [0.4, 0.5) is 5.95 Å². The van der Waals surface area contributed by atoms with Crippen LogP contribution in [-0.4, -0.2) is 23.4 Å². The number of halogens is 1. The molecule has 1 aromatic heterocycles. The van der Waals surface area contributed by atoms with Crippen molar-refractivity contribution in [3.63, 3.8) is 0 Å². The van der Waals surface area contributed by atoms with E-state index in [0.717, 1.165) is 31.5 Å². The second-order valence-corrected chi connectivity index (χ2v) is 7.53. The molecule has 1 fully saturated rings. The third-order valence-corrected chi connectivity index (χ3v) is 5.46. The number of fused-ring (bicyclic) bond motifs is 1. The molecule has 7 heteroatoms. The van der Waals surface area contributed by atoms with Gasteiger partial charge in [-0.2, -0.15) is 0 Å². The topological polar surface area (TPSA) is 68.2 Å². The van der Waals surface area contributed by atoms with Crippen molar-refractivity contribution >= 4 is 28.5 Å². The number of rotatable bonds is 4. The highest BCUT2D eigenvalue weighted by atomic mass is 127. The smallest absolute Gasteiger partial charge is 0.292 e. The van der Waals surface area contributed by atoms with E-state index in [1.54, 1.807) is 0 Å². The Morgan fingerprint density at radius 2 is 2.08 bits per heavy atom. The van der Waals surface area contributed by atoms with Crippen LogP contribution in [-0.2, 0) is 18.5 Å². The zero-order valence-electron chi connectivity index (χ0n) is 13.4. The maximum Gasteiger partial charge on any atom is 0.292 e. The van der Waals surface area contributed by atoms with Crippen LogP contribution in [0.5, 0.6) is 0 Å². The van der Waals surface area contributed by atoms with Crippen molar-refractivity contribution in [2.75, 3.05) is 19.0 Å². The fourth-order valence-corrected chi connectivity index (χ4v) is 3.59. The van der Waals surface area contributed by atoms with Crippen molar-refractivity contribution in [2.45, 2.75) is 31.3 Å². The summed E-state index contributed by atoms with van der Waals surface area (Å²) in [7, 11) is 1.50. The third-order valence-electron chi connectivity index (χ3n) is 4.75. The lowest BCUT2D eigenvalue weighted by atomic mass is 10.1. The van der Waals surface area contributed by atoms with E-state index in [-0.39, 0.29) is 11.1 Å². The van der Waals surface area contributed by atoms with Crippen molar-refractivity contribution in [2.24, 2.45) is 0 Å². The van der Waals surface area contributed by atoms with Crippen molar-refractivity contribution in [3.8, 4) is 0 Å². The molecule has 0 radical (unpaired) electrons. The summed E-state index contributed by atoms with van der Waals surface area (Å²) in [5.74, 6) is 0.499. The second kappa shape index (κ2) is 6.03. The largest absolute Gasteiger partial charge is 0.411 e. The van der Waals surface area contributed by atoms with Gasteiger partial charge in [-0.1, -0.05) is 12.1 Å². The molecule has 1 saturated carbocycles. The standard InChI is InChI=1S/C17H19IN4O2/c1-24-22-15(23)13-10-19-9-6-14(13)20-16(22)21-17(7-8-17)11-2-4-12(18)5-3-11/h2-5,19H,6-10H2,1H3,(H,20,21). The molecule has 0 bridgehead atoms. The van der Waals surface area contributed by atoms with Crippen LogP contribution in [0.15, 0.2) is 29.1 Å². The predicted molar refractivity (Wildman–Crippen MR) is 100 cm³/mol. The zero-order chi connectivity index (χ0) is 16.7. The molecular formula is C17H19IN4O2. The molecular weight excluding hydrogens is 419 g/mol. The van der Waals surface area contributed by atoms with Crippen LogP contribution < -0.4 is 21.0 Å². The lowest BCUT2D eigenvalue weighted by Gasteiger charge is -2.23. The Balaban J connectivity index is 1.73. The van der Waals surface area contributed by atoms with Crippen molar-refractivity contribution in [1.29, 1.82) is 0 Å². The molecule has 0 unspecified atom stereocenters. The molecule has 0 amide bonds. The Labute approximate surface area is 153 Å². The summed E-state index contributed by atoms with van der Waals surface area (Å²) in [6.07, 6.45) is 2.80. The molecule has 2 heterocycles. The minimum atomic E-state index is -0.148. The predicted octanol–water partition coefficient (Wildman–Crippen LogP) is 1.65. The third kappa shape index (κ3) is 2.69. The Kier molecular flexibility index (Phi) is 4.00. The minimum absolute atomic E-state index is 0.129. The number of aromatic nitrogens is 2. The lowest BCUT2D eigenvalue weighted by molar-refractivity contribution is 0.157. The number of anilines is 1. The molecule has 24 heavy (non-hydrogen) atoms. The van der Waals surface area contributed by atoms with Crippen LogP contribution in [0, 0.1) is 3.57 Å². The summed E-state index contributed by atoms with van der Waals surface area (Å²) in [6.45, 7) is 1.39. The maximum atomic E-state index is 12.7. The van der Waals surface area contributed by atoms with E-state index in [4.69, 9.17) is 9.82 Å². The molecule has 1 aliphatic carbocycles. The van der Waals surface area contributed by atoms with Crippen molar-refractivity contribution < 1.29 is 4.84 Å². The highest BCUT2D eigenvalue weighted by molar-refractivity contribution is 14.1. The van der Waals surface area contributed by atoms with Crippen molar-refractivity contribution in [3.05, 3.63) is 55.0 Å². The molecule has 6 nitrogen and oxygen atoms in total. The summed E-state index contributed by atoms with van der Waals surface area (Å²) in [4.78, 5) is 22.7. The minimum Gasteiger partial charge on any atom is -0.411 e. The molecule has 4 rings (SSSR count). The number of hydrogen-bond acceptors (Lipinski definition) is 5. The normalized spacial score (nSPS) is 17.9. The molecule has 1 aromatic carbocycles.